The zero-order valence-electron chi connectivity index (χ0n) is 23.9. The monoisotopic (exact) mass is 584 g/mol. The summed E-state index contributed by atoms with van der Waals surface area (Å²) < 4.78 is 22.7. The molecule has 216 valence electrons. The number of amides is 1. The van der Waals surface area contributed by atoms with Crippen LogP contribution in [0.1, 0.15) is 36.9 Å². The van der Waals surface area contributed by atoms with Crippen LogP contribution in [0.3, 0.4) is 0 Å². The van der Waals surface area contributed by atoms with Crippen molar-refractivity contribution in [2.75, 3.05) is 31.6 Å². The predicted molar refractivity (Wildman–Crippen MR) is 163 cm³/mol. The summed E-state index contributed by atoms with van der Waals surface area (Å²) >= 11 is 1.49. The first-order valence-corrected chi connectivity index (χ1v) is 14.8. The second-order valence-corrected chi connectivity index (χ2v) is 12.5. The average molecular weight is 585 g/mol. The summed E-state index contributed by atoms with van der Waals surface area (Å²) in [6.07, 6.45) is 5.30. The molecule has 0 radical (unpaired) electrons. The first kappa shape index (κ1) is 28.1. The van der Waals surface area contributed by atoms with E-state index in [1.807, 2.05) is 47.0 Å². The number of fused-ring (bicyclic) bond motifs is 1. The van der Waals surface area contributed by atoms with Gasteiger partial charge in [0.15, 0.2) is 5.13 Å². The molecule has 0 aliphatic carbocycles. The summed E-state index contributed by atoms with van der Waals surface area (Å²) in [5.41, 5.74) is 5.18. The molecule has 1 aromatic carbocycles. The maximum absolute atomic E-state index is 15.3. The van der Waals surface area contributed by atoms with E-state index in [0.717, 1.165) is 46.3 Å². The van der Waals surface area contributed by atoms with E-state index in [1.54, 1.807) is 18.5 Å². The second kappa shape index (κ2) is 11.7. The standard InChI is InChI=1S/C32H33FN6O2S/c1-32(2,3)30-26(20-38-12-14-41-15-13-38)36-31(42-30)37-29(40)18-21-7-8-23(16-24(21)33)27-19-35-28-17-22(9-11-39(27)28)25-6-4-5-10-34-25/h4-11,16-17,19H,12-15,18,20H2,1-3H3,(H,36,37,40). The summed E-state index contributed by atoms with van der Waals surface area (Å²) in [7, 11) is 0. The molecule has 8 nitrogen and oxygen atoms in total. The van der Waals surface area contributed by atoms with Gasteiger partial charge in [-0.15, -0.1) is 11.3 Å². The van der Waals surface area contributed by atoms with Gasteiger partial charge in [0.05, 0.1) is 42.9 Å². The van der Waals surface area contributed by atoms with E-state index in [-0.39, 0.29) is 17.7 Å². The number of aromatic nitrogens is 4. The Labute approximate surface area is 248 Å². The Morgan fingerprint density at radius 3 is 2.64 bits per heavy atom. The van der Waals surface area contributed by atoms with E-state index in [9.17, 15) is 4.79 Å². The molecule has 0 atom stereocenters. The van der Waals surface area contributed by atoms with Gasteiger partial charge in [0.1, 0.15) is 11.5 Å². The largest absolute Gasteiger partial charge is 0.379 e. The van der Waals surface area contributed by atoms with Crippen LogP contribution in [0.2, 0.25) is 0 Å². The third kappa shape index (κ3) is 6.11. The van der Waals surface area contributed by atoms with Crippen molar-refractivity contribution in [3.05, 3.63) is 89.1 Å². The van der Waals surface area contributed by atoms with Crippen molar-refractivity contribution in [3.63, 3.8) is 0 Å². The van der Waals surface area contributed by atoms with Crippen molar-refractivity contribution in [1.82, 2.24) is 24.3 Å². The van der Waals surface area contributed by atoms with Crippen molar-refractivity contribution in [1.29, 1.82) is 0 Å². The highest BCUT2D eigenvalue weighted by Crippen LogP contribution is 2.35. The molecule has 1 fully saturated rings. The van der Waals surface area contributed by atoms with Gasteiger partial charge in [-0.25, -0.2) is 14.4 Å². The van der Waals surface area contributed by atoms with Crippen LogP contribution in [-0.2, 0) is 27.9 Å². The van der Waals surface area contributed by atoms with Crippen LogP contribution in [0.15, 0.2) is 67.1 Å². The van der Waals surface area contributed by atoms with Gasteiger partial charge in [-0.05, 0) is 41.3 Å². The lowest BCUT2D eigenvalue weighted by Crippen LogP contribution is -2.36. The van der Waals surface area contributed by atoms with E-state index < -0.39 is 5.82 Å². The molecule has 10 heteroatoms. The maximum atomic E-state index is 15.3. The number of carbonyl (C=O) groups is 1. The topological polar surface area (TPSA) is 84.7 Å². The molecule has 0 unspecified atom stereocenters. The minimum atomic E-state index is -0.440. The molecule has 1 aliphatic heterocycles. The quantitative estimate of drug-likeness (QED) is 0.254. The van der Waals surface area contributed by atoms with Gasteiger partial charge in [0.25, 0.3) is 0 Å². The number of ether oxygens (including phenoxy) is 1. The lowest BCUT2D eigenvalue weighted by molar-refractivity contribution is -0.115. The van der Waals surface area contributed by atoms with E-state index in [4.69, 9.17) is 9.72 Å². The van der Waals surface area contributed by atoms with E-state index in [2.05, 4.69) is 41.0 Å². The first-order valence-electron chi connectivity index (χ1n) is 14.0. The molecule has 1 aliphatic rings. The zero-order chi connectivity index (χ0) is 29.3. The molecule has 6 rings (SSSR count). The number of imidazole rings is 1. The van der Waals surface area contributed by atoms with Gasteiger partial charge >= 0.3 is 0 Å². The van der Waals surface area contributed by atoms with Crippen LogP contribution in [-0.4, -0.2) is 56.5 Å². The number of halogens is 1. The molecule has 1 amide bonds. The second-order valence-electron chi connectivity index (χ2n) is 11.5. The van der Waals surface area contributed by atoms with Crippen LogP contribution in [0.25, 0.3) is 28.2 Å². The number of anilines is 1. The highest BCUT2D eigenvalue weighted by molar-refractivity contribution is 7.16. The van der Waals surface area contributed by atoms with Crippen molar-refractivity contribution in [2.45, 2.75) is 39.2 Å². The zero-order valence-corrected chi connectivity index (χ0v) is 24.7. The Hall–Kier alpha value is -3.99. The molecule has 0 saturated carbocycles. The van der Waals surface area contributed by atoms with Crippen LogP contribution in [0.5, 0.6) is 0 Å². The highest BCUT2D eigenvalue weighted by atomic mass is 32.1. The predicted octanol–water partition coefficient (Wildman–Crippen LogP) is 5.97. The molecule has 42 heavy (non-hydrogen) atoms. The van der Waals surface area contributed by atoms with Crippen LogP contribution >= 0.6 is 11.3 Å². The Balaban J connectivity index is 1.16. The molecule has 0 spiro atoms. The number of benzene rings is 1. The number of hydrogen-bond acceptors (Lipinski definition) is 7. The first-order chi connectivity index (χ1) is 20.2. The van der Waals surface area contributed by atoms with Crippen molar-refractivity contribution >= 4 is 28.0 Å². The lowest BCUT2D eigenvalue weighted by Gasteiger charge is -2.27. The van der Waals surface area contributed by atoms with Gasteiger partial charge in [-0.1, -0.05) is 39.0 Å². The van der Waals surface area contributed by atoms with E-state index in [0.29, 0.717) is 36.0 Å². The Bertz CT molecular complexity index is 1720. The van der Waals surface area contributed by atoms with Crippen LogP contribution < -0.4 is 5.32 Å². The summed E-state index contributed by atoms with van der Waals surface area (Å²) in [4.78, 5) is 30.1. The summed E-state index contributed by atoms with van der Waals surface area (Å²) in [5.74, 6) is -0.740. The fourth-order valence-electron chi connectivity index (χ4n) is 5.14. The third-order valence-corrected chi connectivity index (χ3v) is 8.71. The summed E-state index contributed by atoms with van der Waals surface area (Å²) in [6.45, 7) is 10.3. The van der Waals surface area contributed by atoms with Crippen LogP contribution in [0.4, 0.5) is 9.52 Å². The van der Waals surface area contributed by atoms with Gasteiger partial charge in [-0.3, -0.25) is 19.1 Å². The molecular weight excluding hydrogens is 551 g/mol. The Kier molecular flexibility index (Phi) is 7.85. The minimum Gasteiger partial charge on any atom is -0.379 e. The lowest BCUT2D eigenvalue weighted by atomic mass is 9.93. The third-order valence-electron chi connectivity index (χ3n) is 7.28. The molecule has 1 saturated heterocycles. The molecule has 5 heterocycles. The Morgan fingerprint density at radius 1 is 1.07 bits per heavy atom. The number of nitrogens with one attached hydrogen (secondary N) is 1. The number of morpholine rings is 1. The van der Waals surface area contributed by atoms with Gasteiger partial charge in [0.2, 0.25) is 5.91 Å². The fraction of sp³-hybridized carbons (Fsp3) is 0.312. The molecule has 0 bridgehead atoms. The van der Waals surface area contributed by atoms with Gasteiger partial charge in [-0.2, -0.15) is 0 Å². The number of pyridine rings is 2. The van der Waals surface area contributed by atoms with Gasteiger partial charge in [0, 0.05) is 48.0 Å². The highest BCUT2D eigenvalue weighted by Gasteiger charge is 2.26. The fourth-order valence-corrected chi connectivity index (χ4v) is 6.19. The molecule has 5 aromatic rings. The van der Waals surface area contributed by atoms with E-state index >= 15 is 4.39 Å². The Morgan fingerprint density at radius 2 is 1.90 bits per heavy atom. The molecular formula is C32H33FN6O2S. The number of thiazole rings is 1. The van der Waals surface area contributed by atoms with Crippen molar-refractivity contribution < 1.29 is 13.9 Å². The number of nitrogens with zero attached hydrogens (tertiary/aromatic N) is 5. The molecule has 1 N–H and O–H groups in total. The summed E-state index contributed by atoms with van der Waals surface area (Å²) in [6, 6.07) is 14.6. The maximum Gasteiger partial charge on any atom is 0.230 e. The SMILES string of the molecule is CC(C)(C)c1sc(NC(=O)Cc2ccc(-c3cnc4cc(-c5ccccn5)ccn34)cc2F)nc1CN1CCOCC1. The summed E-state index contributed by atoms with van der Waals surface area (Å²) in [5, 5.41) is 3.45. The van der Waals surface area contributed by atoms with Crippen molar-refractivity contribution in [2.24, 2.45) is 0 Å². The number of carbonyl (C=O) groups excluding carboxylic acids is 1. The minimum absolute atomic E-state index is 0.0874. The van der Waals surface area contributed by atoms with Gasteiger partial charge < -0.3 is 10.1 Å². The average Bonchev–Trinajstić information content (AvgIpc) is 3.59. The van der Waals surface area contributed by atoms with Crippen molar-refractivity contribution in [3.8, 4) is 22.5 Å². The number of hydrogen-bond donors (Lipinski definition) is 1. The normalized spacial score (nSPS) is 14.4. The van der Waals surface area contributed by atoms with Crippen LogP contribution in [0, 0.1) is 5.82 Å². The molecule has 4 aromatic heterocycles. The van der Waals surface area contributed by atoms with E-state index in [1.165, 1.54) is 17.4 Å². The smallest absolute Gasteiger partial charge is 0.230 e. The number of rotatable bonds is 7.